The summed E-state index contributed by atoms with van der Waals surface area (Å²) in [6.45, 7) is 5.37. The minimum atomic E-state index is -0.374. The molecule has 2 N–H and O–H groups in total. The highest BCUT2D eigenvalue weighted by atomic mass is 16.6. The van der Waals surface area contributed by atoms with Crippen LogP contribution in [0.4, 0.5) is 10.5 Å². The Balaban J connectivity index is 1.86. The minimum absolute atomic E-state index is 0.264. The van der Waals surface area contributed by atoms with Crippen LogP contribution in [0.15, 0.2) is 34.8 Å². The molecule has 0 spiro atoms. The molecule has 0 unspecified atom stereocenters. The molecule has 0 aliphatic carbocycles. The van der Waals surface area contributed by atoms with Gasteiger partial charge in [0.15, 0.2) is 0 Å². The number of ether oxygens (including phenoxy) is 2. The lowest BCUT2D eigenvalue weighted by atomic mass is 9.96. The number of carbonyl (C=O) groups excluding carboxylic acids is 2. The molecule has 2 aliphatic heterocycles. The van der Waals surface area contributed by atoms with Crippen LogP contribution < -0.4 is 5.73 Å². The van der Waals surface area contributed by atoms with Crippen LogP contribution in [0.1, 0.15) is 37.8 Å². The van der Waals surface area contributed by atoms with E-state index in [0.29, 0.717) is 37.7 Å². The van der Waals surface area contributed by atoms with Crippen LogP contribution in [-0.4, -0.2) is 49.1 Å². The summed E-state index contributed by atoms with van der Waals surface area (Å²) in [5, 5.41) is 0. The molecular formula is C21H25N3O4. The zero-order valence-corrected chi connectivity index (χ0v) is 16.2. The highest BCUT2D eigenvalue weighted by molar-refractivity contribution is 6.03. The predicted octanol–water partition coefficient (Wildman–Crippen LogP) is 3.27. The molecule has 7 nitrogen and oxygen atoms in total. The van der Waals surface area contributed by atoms with Gasteiger partial charge in [0.1, 0.15) is 5.84 Å². The number of amides is 1. The third-order valence-corrected chi connectivity index (χ3v) is 4.64. The van der Waals surface area contributed by atoms with Crippen LogP contribution in [0.3, 0.4) is 0 Å². The number of nitrogens with two attached hydrogens (primary N) is 1. The maximum atomic E-state index is 12.2. The van der Waals surface area contributed by atoms with Crippen LogP contribution in [-0.2, 0) is 14.3 Å². The standard InChI is InChI=1S/C21H25N3O4/c1-3-27-20(25)17-12-16-11-15(5-6-18(16)23-19(22)13-17)14-7-9-24(10-8-14)21(26)28-4-2/h5-7,11-12H,3-4,8-10,13H2,1-2H3,(H2,22,23). The number of amidine groups is 1. The van der Waals surface area contributed by atoms with E-state index in [1.165, 1.54) is 0 Å². The average Bonchev–Trinajstić information content (AvgIpc) is 2.86. The Labute approximate surface area is 164 Å². The van der Waals surface area contributed by atoms with E-state index in [1.54, 1.807) is 24.8 Å². The SMILES string of the molecule is CCOC(=O)C1=Cc2cc(C3=CCN(C(=O)OCC)CC3)ccc2N=C(N)C1. The summed E-state index contributed by atoms with van der Waals surface area (Å²) in [5.41, 5.74) is 10.2. The third-order valence-electron chi connectivity index (χ3n) is 4.64. The number of rotatable bonds is 4. The Bertz CT molecular complexity index is 870. The van der Waals surface area contributed by atoms with Gasteiger partial charge in [0.05, 0.1) is 18.9 Å². The molecule has 0 bridgehead atoms. The summed E-state index contributed by atoms with van der Waals surface area (Å²) in [6, 6.07) is 5.90. The minimum Gasteiger partial charge on any atom is -0.463 e. The first-order valence-corrected chi connectivity index (χ1v) is 9.47. The maximum Gasteiger partial charge on any atom is 0.410 e. The fourth-order valence-corrected chi connectivity index (χ4v) is 3.27. The van der Waals surface area contributed by atoms with Gasteiger partial charge in [-0.1, -0.05) is 12.1 Å². The molecular weight excluding hydrogens is 358 g/mol. The van der Waals surface area contributed by atoms with Crippen molar-refractivity contribution in [2.75, 3.05) is 26.3 Å². The van der Waals surface area contributed by atoms with E-state index in [9.17, 15) is 9.59 Å². The second-order valence-electron chi connectivity index (χ2n) is 6.57. The van der Waals surface area contributed by atoms with Crippen molar-refractivity contribution in [2.45, 2.75) is 26.7 Å². The van der Waals surface area contributed by atoms with Crippen molar-refractivity contribution in [3.8, 4) is 0 Å². The molecule has 0 saturated carbocycles. The van der Waals surface area contributed by atoms with Crippen molar-refractivity contribution in [3.05, 3.63) is 41.0 Å². The Morgan fingerprint density at radius 1 is 1.21 bits per heavy atom. The van der Waals surface area contributed by atoms with Gasteiger partial charge in [0.25, 0.3) is 0 Å². The van der Waals surface area contributed by atoms with Crippen molar-refractivity contribution in [1.82, 2.24) is 4.90 Å². The second-order valence-corrected chi connectivity index (χ2v) is 6.57. The summed E-state index contributed by atoms with van der Waals surface area (Å²) >= 11 is 0. The second kappa shape index (κ2) is 8.73. The quantitative estimate of drug-likeness (QED) is 0.805. The predicted molar refractivity (Wildman–Crippen MR) is 108 cm³/mol. The Morgan fingerprint density at radius 2 is 2.00 bits per heavy atom. The molecule has 28 heavy (non-hydrogen) atoms. The molecule has 1 aromatic carbocycles. The molecule has 148 valence electrons. The van der Waals surface area contributed by atoms with Gasteiger partial charge in [-0.2, -0.15) is 0 Å². The summed E-state index contributed by atoms with van der Waals surface area (Å²) in [5.74, 6) is 0.00799. The summed E-state index contributed by atoms with van der Waals surface area (Å²) in [7, 11) is 0. The van der Waals surface area contributed by atoms with Crippen LogP contribution in [0.25, 0.3) is 11.6 Å². The Kier molecular flexibility index (Phi) is 6.13. The smallest absolute Gasteiger partial charge is 0.410 e. The topological polar surface area (TPSA) is 94.2 Å². The first kappa shape index (κ1) is 19.7. The van der Waals surface area contributed by atoms with Gasteiger partial charge in [-0.15, -0.1) is 0 Å². The molecule has 1 aromatic rings. The molecule has 0 atom stereocenters. The molecule has 0 saturated heterocycles. The zero-order chi connectivity index (χ0) is 20.1. The van der Waals surface area contributed by atoms with E-state index < -0.39 is 0 Å². The normalized spacial score (nSPS) is 16.2. The molecule has 2 aliphatic rings. The van der Waals surface area contributed by atoms with Crippen molar-refractivity contribution >= 4 is 35.2 Å². The molecule has 0 radical (unpaired) electrons. The van der Waals surface area contributed by atoms with Crippen LogP contribution in [0, 0.1) is 0 Å². The number of carbonyl (C=O) groups is 2. The van der Waals surface area contributed by atoms with Crippen LogP contribution in [0.5, 0.6) is 0 Å². The highest BCUT2D eigenvalue weighted by Crippen LogP contribution is 2.31. The number of hydrogen-bond acceptors (Lipinski definition) is 6. The van der Waals surface area contributed by atoms with Crippen molar-refractivity contribution in [1.29, 1.82) is 0 Å². The van der Waals surface area contributed by atoms with E-state index in [-0.39, 0.29) is 18.5 Å². The van der Waals surface area contributed by atoms with Crippen LogP contribution in [0.2, 0.25) is 0 Å². The van der Waals surface area contributed by atoms with Crippen molar-refractivity contribution in [2.24, 2.45) is 10.7 Å². The van der Waals surface area contributed by atoms with Gasteiger partial charge in [-0.25, -0.2) is 14.6 Å². The van der Waals surface area contributed by atoms with Crippen LogP contribution >= 0.6 is 0 Å². The molecule has 0 fully saturated rings. The maximum absolute atomic E-state index is 12.2. The lowest BCUT2D eigenvalue weighted by molar-refractivity contribution is -0.138. The van der Waals surface area contributed by atoms with Gasteiger partial charge in [0.2, 0.25) is 0 Å². The van der Waals surface area contributed by atoms with E-state index in [1.807, 2.05) is 24.3 Å². The molecule has 3 rings (SSSR count). The lowest BCUT2D eigenvalue weighted by Gasteiger charge is -2.26. The number of fused-ring (bicyclic) bond motifs is 1. The largest absolute Gasteiger partial charge is 0.463 e. The van der Waals surface area contributed by atoms with Gasteiger partial charge >= 0.3 is 12.1 Å². The highest BCUT2D eigenvalue weighted by Gasteiger charge is 2.20. The average molecular weight is 383 g/mol. The number of esters is 1. The number of benzene rings is 1. The van der Waals surface area contributed by atoms with E-state index in [0.717, 1.165) is 28.8 Å². The fourth-order valence-electron chi connectivity index (χ4n) is 3.27. The Hall–Kier alpha value is -3.09. The summed E-state index contributed by atoms with van der Waals surface area (Å²) in [6.07, 6.45) is 4.55. The first-order valence-electron chi connectivity index (χ1n) is 9.47. The summed E-state index contributed by atoms with van der Waals surface area (Å²) in [4.78, 5) is 30.1. The number of aliphatic imine (C=N–C) groups is 1. The first-order chi connectivity index (χ1) is 13.5. The van der Waals surface area contributed by atoms with Gasteiger partial charge < -0.3 is 20.1 Å². The van der Waals surface area contributed by atoms with Gasteiger partial charge in [0, 0.05) is 30.6 Å². The zero-order valence-electron chi connectivity index (χ0n) is 16.2. The van der Waals surface area contributed by atoms with E-state index in [2.05, 4.69) is 4.99 Å². The Morgan fingerprint density at radius 3 is 2.68 bits per heavy atom. The fraction of sp³-hybridized carbons (Fsp3) is 0.381. The summed E-state index contributed by atoms with van der Waals surface area (Å²) < 4.78 is 10.2. The van der Waals surface area contributed by atoms with Crippen molar-refractivity contribution in [3.63, 3.8) is 0 Å². The number of nitrogens with zero attached hydrogens (tertiary/aromatic N) is 2. The monoisotopic (exact) mass is 383 g/mol. The lowest BCUT2D eigenvalue weighted by Crippen LogP contribution is -2.35. The number of hydrogen-bond donors (Lipinski definition) is 1. The molecule has 1 amide bonds. The van der Waals surface area contributed by atoms with Gasteiger partial charge in [-0.05, 0) is 49.6 Å². The van der Waals surface area contributed by atoms with Gasteiger partial charge in [-0.3, -0.25) is 0 Å². The van der Waals surface area contributed by atoms with E-state index >= 15 is 0 Å². The molecule has 0 aromatic heterocycles. The van der Waals surface area contributed by atoms with E-state index in [4.69, 9.17) is 15.2 Å². The molecule has 7 heteroatoms. The van der Waals surface area contributed by atoms with Crippen molar-refractivity contribution < 1.29 is 19.1 Å². The molecule has 2 heterocycles. The third kappa shape index (κ3) is 4.42.